The number of carbonyl (C=O) groups is 1. The molecule has 1 unspecified atom stereocenters. The first kappa shape index (κ1) is 27.2. The molecule has 6 atom stereocenters. The van der Waals surface area contributed by atoms with E-state index < -0.39 is 56.0 Å². The van der Waals surface area contributed by atoms with Crippen molar-refractivity contribution in [3.63, 3.8) is 0 Å². The number of ether oxygens (including phenoxy) is 3. The molecule has 16 heteroatoms. The molecule has 1 aromatic carbocycles. The van der Waals surface area contributed by atoms with E-state index in [2.05, 4.69) is 20.0 Å². The van der Waals surface area contributed by atoms with Crippen molar-refractivity contribution in [1.29, 1.82) is 0 Å². The van der Waals surface area contributed by atoms with Crippen molar-refractivity contribution in [2.45, 2.75) is 57.0 Å². The Hall–Kier alpha value is -3.33. The lowest BCUT2D eigenvalue weighted by Gasteiger charge is -2.32. The van der Waals surface area contributed by atoms with Crippen molar-refractivity contribution >= 4 is 30.8 Å². The molecule has 0 radical (unpaired) electrons. The van der Waals surface area contributed by atoms with E-state index in [1.807, 2.05) is 0 Å². The van der Waals surface area contributed by atoms with Crippen LogP contribution in [0.3, 0.4) is 0 Å². The van der Waals surface area contributed by atoms with Gasteiger partial charge in [-0.25, -0.2) is 9.55 Å². The Bertz CT molecular complexity index is 1460. The maximum absolute atomic E-state index is 13.9. The number of aromatic nitrogens is 4. The minimum absolute atomic E-state index is 0.0302. The fourth-order valence-electron chi connectivity index (χ4n) is 4.40. The van der Waals surface area contributed by atoms with Crippen LogP contribution in [0.4, 0.5) is 5.95 Å². The second kappa shape index (κ2) is 10.3. The fourth-order valence-corrected chi connectivity index (χ4v) is 5.94. The van der Waals surface area contributed by atoms with Gasteiger partial charge in [0.15, 0.2) is 17.4 Å². The number of hydrogen-bond donors (Lipinski definition) is 4. The van der Waals surface area contributed by atoms with Crippen LogP contribution in [-0.2, 0) is 28.1 Å². The summed E-state index contributed by atoms with van der Waals surface area (Å²) in [6, 6.07) is 7.20. The van der Waals surface area contributed by atoms with Gasteiger partial charge in [-0.1, -0.05) is 18.2 Å². The number of aliphatic hydroxyl groups is 1. The van der Waals surface area contributed by atoms with Crippen LogP contribution in [0.25, 0.3) is 11.2 Å². The first-order valence-electron chi connectivity index (χ1n) is 12.2. The van der Waals surface area contributed by atoms with E-state index in [0.717, 1.165) is 0 Å². The second-order valence-electron chi connectivity index (χ2n) is 9.58. The fraction of sp³-hybridized carbons (Fsp3) is 0.478. The average Bonchev–Trinajstić information content (AvgIpc) is 3.52. The molecule has 210 valence electrons. The van der Waals surface area contributed by atoms with Crippen molar-refractivity contribution in [2.24, 2.45) is 0 Å². The normalized spacial score (nSPS) is 26.5. The van der Waals surface area contributed by atoms with E-state index in [0.29, 0.717) is 0 Å². The van der Waals surface area contributed by atoms with E-state index in [-0.39, 0.29) is 35.6 Å². The van der Waals surface area contributed by atoms with Gasteiger partial charge in [0.2, 0.25) is 5.95 Å². The maximum atomic E-state index is 13.9. The molecule has 5 N–H and O–H groups in total. The third-order valence-electron chi connectivity index (χ3n) is 6.24. The Balaban J connectivity index is 1.38. The van der Waals surface area contributed by atoms with Crippen LogP contribution in [0, 0.1) is 0 Å². The van der Waals surface area contributed by atoms with Gasteiger partial charge in [0.25, 0.3) is 5.56 Å². The number of benzene rings is 1. The van der Waals surface area contributed by atoms with Crippen molar-refractivity contribution < 1.29 is 37.7 Å². The lowest BCUT2D eigenvalue weighted by molar-refractivity contribution is -0.183. The van der Waals surface area contributed by atoms with Crippen LogP contribution in [-0.4, -0.2) is 73.8 Å². The van der Waals surface area contributed by atoms with Crippen LogP contribution >= 0.6 is 7.75 Å². The van der Waals surface area contributed by atoms with Crippen molar-refractivity contribution in [1.82, 2.24) is 24.6 Å². The first-order chi connectivity index (χ1) is 18.5. The summed E-state index contributed by atoms with van der Waals surface area (Å²) >= 11 is 0. The first-order valence-corrected chi connectivity index (χ1v) is 13.7. The molecule has 2 saturated heterocycles. The zero-order valence-electron chi connectivity index (χ0n) is 21.3. The highest BCUT2D eigenvalue weighted by atomic mass is 31.2. The number of aliphatic hydroxyl groups excluding tert-OH is 1. The topological polar surface area (TPSA) is 202 Å². The van der Waals surface area contributed by atoms with Crippen molar-refractivity contribution in [3.8, 4) is 5.75 Å². The van der Waals surface area contributed by atoms with Crippen LogP contribution in [0.15, 0.2) is 41.5 Å². The van der Waals surface area contributed by atoms with E-state index in [1.54, 1.807) is 44.2 Å². The van der Waals surface area contributed by atoms with E-state index >= 15 is 0 Å². The molecule has 15 nitrogen and oxygen atoms in total. The second-order valence-corrected chi connectivity index (χ2v) is 11.3. The number of fused-ring (bicyclic) bond motifs is 3. The molecule has 2 aliphatic heterocycles. The number of rotatable bonds is 10. The number of esters is 1. The van der Waals surface area contributed by atoms with E-state index in [9.17, 15) is 19.3 Å². The number of nitrogens with two attached hydrogens (primary N) is 1. The lowest BCUT2D eigenvalue weighted by Crippen LogP contribution is -2.46. The number of hydrogen-bond acceptors (Lipinski definition) is 12. The summed E-state index contributed by atoms with van der Waals surface area (Å²) < 4.78 is 43.9. The molecule has 2 bridgehead atoms. The smallest absolute Gasteiger partial charge is 0.459 e. The molecule has 5 rings (SSSR count). The van der Waals surface area contributed by atoms with Crippen molar-refractivity contribution in [3.05, 3.63) is 47.0 Å². The average molecular weight is 564 g/mol. The Labute approximate surface area is 222 Å². The lowest BCUT2D eigenvalue weighted by atomic mass is 10.0. The SMILES string of the molecule is CC(C)OC(=O)[C@@H](C)NP(=O)(OC[C@@]12CO[C@@H]([C@H](n3cnc4c(=O)[nH]c(N)nc43)O1)[C@@H]2O)Oc1ccccc1. The monoisotopic (exact) mass is 564 g/mol. The molecule has 2 aliphatic rings. The molecule has 2 aromatic heterocycles. The van der Waals surface area contributed by atoms with Crippen LogP contribution in [0.5, 0.6) is 5.75 Å². The number of imidazole rings is 1. The number of H-pyrrole nitrogens is 1. The molecule has 0 aliphatic carbocycles. The summed E-state index contributed by atoms with van der Waals surface area (Å²) in [7, 11) is -4.23. The summed E-state index contributed by atoms with van der Waals surface area (Å²) in [6.07, 6.45) is -2.10. The molecule has 0 saturated carbocycles. The number of carbonyl (C=O) groups excluding carboxylic acids is 1. The number of para-hydroxylation sites is 1. The quantitative estimate of drug-likeness (QED) is 0.200. The highest BCUT2D eigenvalue weighted by Crippen LogP contribution is 2.50. The summed E-state index contributed by atoms with van der Waals surface area (Å²) in [4.78, 5) is 35.2. The molecule has 39 heavy (non-hydrogen) atoms. The highest BCUT2D eigenvalue weighted by Gasteiger charge is 2.63. The predicted molar refractivity (Wildman–Crippen MR) is 136 cm³/mol. The zero-order valence-corrected chi connectivity index (χ0v) is 22.2. The number of anilines is 1. The number of nitrogens with one attached hydrogen (secondary N) is 2. The Morgan fingerprint density at radius 1 is 1.36 bits per heavy atom. The molecule has 4 heterocycles. The molecule has 3 aromatic rings. The maximum Gasteiger partial charge on any atom is 0.459 e. The van der Waals surface area contributed by atoms with Gasteiger partial charge in [-0.2, -0.15) is 10.1 Å². The predicted octanol–water partition coefficient (Wildman–Crippen LogP) is 0.863. The molecule has 0 spiro atoms. The van der Waals surface area contributed by atoms with Crippen LogP contribution in [0.1, 0.15) is 27.0 Å². The molecular formula is C23H29N6O9P. The van der Waals surface area contributed by atoms with Gasteiger partial charge < -0.3 is 29.6 Å². The zero-order chi connectivity index (χ0) is 27.9. The summed E-state index contributed by atoms with van der Waals surface area (Å²) in [5.74, 6) is -0.550. The number of aromatic amines is 1. The third-order valence-corrected chi connectivity index (χ3v) is 7.86. The van der Waals surface area contributed by atoms with E-state index in [4.69, 9.17) is 29.0 Å². The van der Waals surface area contributed by atoms with E-state index in [1.165, 1.54) is 17.8 Å². The van der Waals surface area contributed by atoms with Gasteiger partial charge in [-0.15, -0.1) is 0 Å². The minimum Gasteiger partial charge on any atom is -0.462 e. The molecule has 0 amide bonds. The minimum atomic E-state index is -4.23. The number of nitrogens with zero attached hydrogens (tertiary/aromatic N) is 3. The largest absolute Gasteiger partial charge is 0.462 e. The Kier molecular flexibility index (Phi) is 7.22. The van der Waals surface area contributed by atoms with Gasteiger partial charge in [-0.05, 0) is 32.9 Å². The van der Waals surface area contributed by atoms with Gasteiger partial charge in [0.05, 0.1) is 25.6 Å². The summed E-state index contributed by atoms with van der Waals surface area (Å²) in [6.45, 7) is 4.32. The van der Waals surface area contributed by atoms with Gasteiger partial charge >= 0.3 is 13.7 Å². The summed E-state index contributed by atoms with van der Waals surface area (Å²) in [5.41, 5.74) is 3.87. The van der Waals surface area contributed by atoms with Gasteiger partial charge in [0.1, 0.15) is 29.6 Å². The highest BCUT2D eigenvalue weighted by molar-refractivity contribution is 7.52. The molecular weight excluding hydrogens is 535 g/mol. The number of nitrogen functional groups attached to an aromatic ring is 1. The standard InChI is InChI=1S/C23H29N6O9P/c1-12(2)36-21(32)13(3)28-39(33,38-14-7-5-4-6-8-14)35-10-23-9-34-16(17(23)30)20(37-23)29-11-25-15-18(29)26-22(24)27-19(15)31/h4-8,11-13,16-17,20,30H,9-10H2,1-3H3,(H,28,33)(H3,24,26,27,31)/t13-,16-,17+,20-,23-,39?/m1/s1. The van der Waals surface area contributed by atoms with Gasteiger partial charge in [0, 0.05) is 0 Å². The summed E-state index contributed by atoms with van der Waals surface area (Å²) in [5, 5.41) is 13.7. The third kappa shape index (κ3) is 5.29. The Morgan fingerprint density at radius 2 is 2.10 bits per heavy atom. The van der Waals surface area contributed by atoms with Crippen LogP contribution < -0.4 is 20.9 Å². The Morgan fingerprint density at radius 3 is 2.82 bits per heavy atom. The molecule has 2 fully saturated rings. The van der Waals surface area contributed by atoms with Crippen LogP contribution in [0.2, 0.25) is 0 Å². The van der Waals surface area contributed by atoms with Gasteiger partial charge in [-0.3, -0.25) is 23.7 Å². The van der Waals surface area contributed by atoms with Crippen molar-refractivity contribution in [2.75, 3.05) is 18.9 Å².